The van der Waals surface area contributed by atoms with Crippen molar-refractivity contribution in [2.45, 2.75) is 19.9 Å². The summed E-state index contributed by atoms with van der Waals surface area (Å²) in [7, 11) is 3.98. The van der Waals surface area contributed by atoms with Gasteiger partial charge in [-0.2, -0.15) is 0 Å². The second-order valence-electron chi connectivity index (χ2n) is 5.35. The molecule has 1 aromatic rings. The Bertz CT molecular complexity index is 455. The molecule has 2 N–H and O–H groups in total. The number of carboxylic acids is 1. The molecule has 20 heavy (non-hydrogen) atoms. The van der Waals surface area contributed by atoms with E-state index in [-0.39, 0.29) is 18.2 Å². The van der Waals surface area contributed by atoms with Crippen molar-refractivity contribution in [2.24, 2.45) is 5.92 Å². The number of rotatable bonds is 7. The fourth-order valence-corrected chi connectivity index (χ4v) is 1.87. The van der Waals surface area contributed by atoms with Gasteiger partial charge in [-0.25, -0.2) is 0 Å². The van der Waals surface area contributed by atoms with Gasteiger partial charge in [-0.1, -0.05) is 19.1 Å². The normalized spacial score (nSPS) is 12.2. The van der Waals surface area contributed by atoms with Crippen LogP contribution in [0.2, 0.25) is 0 Å². The van der Waals surface area contributed by atoms with Crippen LogP contribution < -0.4 is 5.32 Å². The molecule has 0 saturated heterocycles. The van der Waals surface area contributed by atoms with Gasteiger partial charge in [0.25, 0.3) is 5.91 Å². The van der Waals surface area contributed by atoms with Crippen LogP contribution in [0.1, 0.15) is 29.3 Å². The predicted octanol–water partition coefficient (Wildman–Crippen LogP) is 1.59. The molecule has 5 nitrogen and oxygen atoms in total. The van der Waals surface area contributed by atoms with Crippen molar-refractivity contribution in [3.8, 4) is 0 Å². The number of nitrogens with zero attached hydrogens (tertiary/aromatic N) is 1. The lowest BCUT2D eigenvalue weighted by Gasteiger charge is -2.12. The average molecular weight is 278 g/mol. The summed E-state index contributed by atoms with van der Waals surface area (Å²) < 4.78 is 0. The van der Waals surface area contributed by atoms with Crippen molar-refractivity contribution in [3.63, 3.8) is 0 Å². The molecule has 1 amide bonds. The Morgan fingerprint density at radius 1 is 1.25 bits per heavy atom. The molecule has 0 fully saturated rings. The summed E-state index contributed by atoms with van der Waals surface area (Å²) in [4.78, 5) is 24.5. The third-order valence-electron chi connectivity index (χ3n) is 2.85. The van der Waals surface area contributed by atoms with Crippen LogP contribution in [-0.4, -0.2) is 42.5 Å². The summed E-state index contributed by atoms with van der Waals surface area (Å²) in [5.74, 6) is -1.09. The zero-order valence-corrected chi connectivity index (χ0v) is 12.2. The van der Waals surface area contributed by atoms with E-state index in [0.29, 0.717) is 12.1 Å². The highest BCUT2D eigenvalue weighted by molar-refractivity contribution is 5.94. The van der Waals surface area contributed by atoms with E-state index in [0.717, 1.165) is 12.1 Å². The molecule has 5 heteroatoms. The second kappa shape index (κ2) is 7.65. The SMILES string of the molecule is CC(CNC(=O)c1ccc(CN(C)C)cc1)CC(=O)O. The lowest BCUT2D eigenvalue weighted by atomic mass is 10.1. The maximum Gasteiger partial charge on any atom is 0.303 e. The van der Waals surface area contributed by atoms with Gasteiger partial charge in [0.05, 0.1) is 0 Å². The first-order valence-corrected chi connectivity index (χ1v) is 6.62. The molecular formula is C15H22N2O3. The van der Waals surface area contributed by atoms with E-state index in [2.05, 4.69) is 10.2 Å². The molecule has 0 aliphatic rings. The van der Waals surface area contributed by atoms with Gasteiger partial charge in [0.2, 0.25) is 0 Å². The van der Waals surface area contributed by atoms with Gasteiger partial charge >= 0.3 is 5.97 Å². The predicted molar refractivity (Wildman–Crippen MR) is 77.6 cm³/mol. The van der Waals surface area contributed by atoms with Crippen LogP contribution in [0, 0.1) is 5.92 Å². The fraction of sp³-hybridized carbons (Fsp3) is 0.467. The average Bonchev–Trinajstić information content (AvgIpc) is 2.35. The van der Waals surface area contributed by atoms with Crippen molar-refractivity contribution in [3.05, 3.63) is 35.4 Å². The summed E-state index contributed by atoms with van der Waals surface area (Å²) in [6.45, 7) is 3.00. The quantitative estimate of drug-likeness (QED) is 0.794. The Kier molecular flexibility index (Phi) is 6.18. The standard InChI is InChI=1S/C15H22N2O3/c1-11(8-14(18)19)9-16-15(20)13-6-4-12(5-7-13)10-17(2)3/h4-7,11H,8-10H2,1-3H3,(H,16,20)(H,18,19). The van der Waals surface area contributed by atoms with Crippen molar-refractivity contribution in [2.75, 3.05) is 20.6 Å². The van der Waals surface area contributed by atoms with Crippen LogP contribution in [0.3, 0.4) is 0 Å². The van der Waals surface area contributed by atoms with Gasteiger partial charge in [-0.3, -0.25) is 9.59 Å². The number of hydrogen-bond acceptors (Lipinski definition) is 3. The molecule has 1 rings (SSSR count). The molecule has 0 saturated carbocycles. The molecule has 1 atom stereocenters. The smallest absolute Gasteiger partial charge is 0.303 e. The molecule has 0 spiro atoms. The Morgan fingerprint density at radius 2 is 1.85 bits per heavy atom. The molecule has 0 bridgehead atoms. The van der Waals surface area contributed by atoms with Gasteiger partial charge in [-0.15, -0.1) is 0 Å². The number of hydrogen-bond donors (Lipinski definition) is 2. The van der Waals surface area contributed by atoms with Crippen molar-refractivity contribution in [1.82, 2.24) is 10.2 Å². The Balaban J connectivity index is 2.49. The molecule has 1 unspecified atom stereocenters. The highest BCUT2D eigenvalue weighted by Crippen LogP contribution is 2.07. The zero-order valence-electron chi connectivity index (χ0n) is 12.2. The maximum absolute atomic E-state index is 11.9. The molecule has 0 aliphatic carbocycles. The largest absolute Gasteiger partial charge is 0.481 e. The lowest BCUT2D eigenvalue weighted by Crippen LogP contribution is -2.29. The number of benzene rings is 1. The Morgan fingerprint density at radius 3 is 2.35 bits per heavy atom. The number of carboxylic acid groups (broad SMARTS) is 1. The van der Waals surface area contributed by atoms with Gasteiger partial charge in [0.15, 0.2) is 0 Å². The first kappa shape index (κ1) is 16.2. The third kappa shape index (κ3) is 5.84. The van der Waals surface area contributed by atoms with Crippen molar-refractivity contribution >= 4 is 11.9 Å². The van der Waals surface area contributed by atoms with Gasteiger partial charge < -0.3 is 15.3 Å². The van der Waals surface area contributed by atoms with Crippen LogP contribution in [0.15, 0.2) is 24.3 Å². The lowest BCUT2D eigenvalue weighted by molar-refractivity contribution is -0.137. The van der Waals surface area contributed by atoms with E-state index in [1.807, 2.05) is 26.2 Å². The molecule has 0 aromatic heterocycles. The first-order valence-electron chi connectivity index (χ1n) is 6.62. The van der Waals surface area contributed by atoms with Crippen LogP contribution >= 0.6 is 0 Å². The summed E-state index contributed by atoms with van der Waals surface area (Å²) in [5.41, 5.74) is 1.74. The third-order valence-corrected chi connectivity index (χ3v) is 2.85. The maximum atomic E-state index is 11.9. The van der Waals surface area contributed by atoms with E-state index in [1.54, 1.807) is 19.1 Å². The first-order chi connectivity index (χ1) is 9.38. The van der Waals surface area contributed by atoms with Crippen LogP contribution in [0.4, 0.5) is 0 Å². The summed E-state index contributed by atoms with van der Waals surface area (Å²) in [6.07, 6.45) is 0.0576. The fourth-order valence-electron chi connectivity index (χ4n) is 1.87. The molecule has 0 aliphatic heterocycles. The van der Waals surface area contributed by atoms with E-state index >= 15 is 0 Å². The van der Waals surface area contributed by atoms with Crippen LogP contribution in [-0.2, 0) is 11.3 Å². The van der Waals surface area contributed by atoms with E-state index < -0.39 is 5.97 Å². The van der Waals surface area contributed by atoms with Crippen molar-refractivity contribution in [1.29, 1.82) is 0 Å². The second-order valence-corrected chi connectivity index (χ2v) is 5.35. The minimum absolute atomic E-state index is 0.0576. The van der Waals surface area contributed by atoms with E-state index in [1.165, 1.54) is 0 Å². The zero-order chi connectivity index (χ0) is 15.1. The summed E-state index contributed by atoms with van der Waals surface area (Å²) in [6, 6.07) is 7.43. The number of amides is 1. The van der Waals surface area contributed by atoms with Crippen LogP contribution in [0.25, 0.3) is 0 Å². The highest BCUT2D eigenvalue weighted by atomic mass is 16.4. The molecule has 110 valence electrons. The Hall–Kier alpha value is -1.88. The van der Waals surface area contributed by atoms with E-state index in [4.69, 9.17) is 5.11 Å². The van der Waals surface area contributed by atoms with Gasteiger partial charge in [0, 0.05) is 25.1 Å². The number of carbonyl (C=O) groups excluding carboxylic acids is 1. The monoisotopic (exact) mass is 278 g/mol. The Labute approximate surface area is 119 Å². The summed E-state index contributed by atoms with van der Waals surface area (Å²) >= 11 is 0. The number of nitrogens with one attached hydrogen (secondary N) is 1. The van der Waals surface area contributed by atoms with Crippen molar-refractivity contribution < 1.29 is 14.7 Å². The minimum Gasteiger partial charge on any atom is -0.481 e. The molecular weight excluding hydrogens is 256 g/mol. The highest BCUT2D eigenvalue weighted by Gasteiger charge is 2.10. The molecule has 0 heterocycles. The molecule has 1 aromatic carbocycles. The van der Waals surface area contributed by atoms with Crippen LogP contribution in [0.5, 0.6) is 0 Å². The molecule has 0 radical (unpaired) electrons. The summed E-state index contributed by atoms with van der Waals surface area (Å²) in [5, 5.41) is 11.4. The minimum atomic E-state index is -0.847. The number of carbonyl (C=O) groups is 2. The van der Waals surface area contributed by atoms with E-state index in [9.17, 15) is 9.59 Å². The van der Waals surface area contributed by atoms with Gasteiger partial charge in [-0.05, 0) is 37.7 Å². The number of aliphatic carboxylic acids is 1. The van der Waals surface area contributed by atoms with Gasteiger partial charge in [0.1, 0.15) is 0 Å². The topological polar surface area (TPSA) is 69.6 Å².